The number of fused-ring (bicyclic) bond motifs is 1. The fraction of sp³-hybridized carbons (Fsp3) is 0.778. The first-order chi connectivity index (χ1) is 19.7. The molecule has 0 radical (unpaired) electrons. The van der Waals surface area contributed by atoms with Gasteiger partial charge in [0.15, 0.2) is 12.4 Å². The SMILES string of the molecule is CC(=O)OCC1(O)C(OC(C)=O)CC2C(COC3OC(CO)C(O)C(O)C3OC(C)=O)=COC(OC(=O)CC(C)C)C21. The highest BCUT2D eigenvalue weighted by Gasteiger charge is 2.63. The van der Waals surface area contributed by atoms with E-state index in [1.54, 1.807) is 0 Å². The molecule has 10 unspecified atom stereocenters. The molecule has 2 fully saturated rings. The fourth-order valence-electron chi connectivity index (χ4n) is 5.47. The molecule has 0 spiro atoms. The molecule has 2 aliphatic heterocycles. The maximum Gasteiger partial charge on any atom is 0.309 e. The van der Waals surface area contributed by atoms with E-state index in [1.807, 2.05) is 13.8 Å². The minimum atomic E-state index is -2.03. The molecule has 238 valence electrons. The van der Waals surface area contributed by atoms with Gasteiger partial charge in [-0.1, -0.05) is 13.8 Å². The van der Waals surface area contributed by atoms with Crippen molar-refractivity contribution in [3.05, 3.63) is 11.8 Å². The number of aliphatic hydroxyl groups excluding tert-OH is 3. The summed E-state index contributed by atoms with van der Waals surface area (Å²) in [4.78, 5) is 47.9. The summed E-state index contributed by atoms with van der Waals surface area (Å²) in [6.45, 7) is 5.44. The summed E-state index contributed by atoms with van der Waals surface area (Å²) in [6, 6.07) is 0. The molecule has 1 saturated heterocycles. The van der Waals surface area contributed by atoms with Crippen molar-refractivity contribution < 1.29 is 72.8 Å². The van der Waals surface area contributed by atoms with Gasteiger partial charge in [0.25, 0.3) is 0 Å². The molecule has 3 rings (SSSR count). The van der Waals surface area contributed by atoms with Crippen molar-refractivity contribution in [1.82, 2.24) is 0 Å². The zero-order valence-electron chi connectivity index (χ0n) is 24.2. The average Bonchev–Trinajstić information content (AvgIpc) is 3.17. The first kappa shape index (κ1) is 33.7. The molecule has 15 heteroatoms. The van der Waals surface area contributed by atoms with Gasteiger partial charge < -0.3 is 53.6 Å². The Morgan fingerprint density at radius 2 is 1.67 bits per heavy atom. The Balaban J connectivity index is 1.91. The van der Waals surface area contributed by atoms with E-state index in [-0.39, 0.29) is 25.4 Å². The van der Waals surface area contributed by atoms with Crippen molar-refractivity contribution in [2.45, 2.75) is 96.2 Å². The summed E-state index contributed by atoms with van der Waals surface area (Å²) < 4.78 is 38.3. The normalized spacial score (nSPS) is 35.9. The number of carbonyl (C=O) groups excluding carboxylic acids is 4. The molecular formula is C27H40O15. The summed E-state index contributed by atoms with van der Waals surface area (Å²) >= 11 is 0. The van der Waals surface area contributed by atoms with E-state index in [0.29, 0.717) is 5.57 Å². The lowest BCUT2D eigenvalue weighted by atomic mass is 9.80. The van der Waals surface area contributed by atoms with Gasteiger partial charge in [-0.2, -0.15) is 0 Å². The van der Waals surface area contributed by atoms with Gasteiger partial charge in [0.05, 0.1) is 25.4 Å². The minimum absolute atomic E-state index is 0.00169. The highest BCUT2D eigenvalue weighted by molar-refractivity contribution is 5.70. The molecule has 1 saturated carbocycles. The summed E-state index contributed by atoms with van der Waals surface area (Å²) in [5.41, 5.74) is -1.66. The monoisotopic (exact) mass is 604 g/mol. The summed E-state index contributed by atoms with van der Waals surface area (Å²) in [6.07, 6.45) is -8.58. The first-order valence-corrected chi connectivity index (χ1v) is 13.7. The van der Waals surface area contributed by atoms with Crippen LogP contribution in [0.25, 0.3) is 0 Å². The van der Waals surface area contributed by atoms with Gasteiger partial charge in [0, 0.05) is 33.1 Å². The maximum absolute atomic E-state index is 12.6. The Hall–Kier alpha value is -2.82. The molecule has 2 heterocycles. The quantitative estimate of drug-likeness (QED) is 0.166. The van der Waals surface area contributed by atoms with Crippen LogP contribution in [0.1, 0.15) is 47.5 Å². The number of ether oxygens (including phenoxy) is 7. The highest BCUT2D eigenvalue weighted by Crippen LogP contribution is 2.51. The predicted octanol–water partition coefficient (Wildman–Crippen LogP) is -0.935. The Labute approximate surface area is 242 Å². The van der Waals surface area contributed by atoms with Crippen LogP contribution < -0.4 is 0 Å². The second-order valence-electron chi connectivity index (χ2n) is 11.1. The van der Waals surface area contributed by atoms with E-state index >= 15 is 0 Å². The van der Waals surface area contributed by atoms with Crippen LogP contribution in [0.2, 0.25) is 0 Å². The number of aliphatic hydroxyl groups is 4. The van der Waals surface area contributed by atoms with Crippen LogP contribution in [-0.2, 0) is 52.3 Å². The molecule has 3 aliphatic rings. The topological polar surface area (TPSA) is 214 Å². The summed E-state index contributed by atoms with van der Waals surface area (Å²) in [7, 11) is 0. The molecule has 15 nitrogen and oxygen atoms in total. The molecule has 0 aromatic rings. The number of rotatable bonds is 11. The van der Waals surface area contributed by atoms with Crippen molar-refractivity contribution in [2.75, 3.05) is 19.8 Å². The van der Waals surface area contributed by atoms with Gasteiger partial charge >= 0.3 is 23.9 Å². The van der Waals surface area contributed by atoms with Crippen molar-refractivity contribution in [1.29, 1.82) is 0 Å². The number of carbonyl (C=O) groups is 4. The minimum Gasteiger partial charge on any atom is -0.463 e. The van der Waals surface area contributed by atoms with Crippen molar-refractivity contribution in [3.63, 3.8) is 0 Å². The lowest BCUT2D eigenvalue weighted by Crippen LogP contribution is -2.60. The van der Waals surface area contributed by atoms with E-state index in [9.17, 15) is 39.6 Å². The molecule has 0 amide bonds. The number of esters is 4. The van der Waals surface area contributed by atoms with Gasteiger partial charge in [0.1, 0.15) is 36.6 Å². The van der Waals surface area contributed by atoms with Gasteiger partial charge in [-0.05, 0) is 17.9 Å². The molecule has 1 aliphatic carbocycles. The van der Waals surface area contributed by atoms with Crippen LogP contribution in [0.5, 0.6) is 0 Å². The van der Waals surface area contributed by atoms with E-state index in [1.165, 1.54) is 6.26 Å². The zero-order chi connectivity index (χ0) is 31.4. The highest BCUT2D eigenvalue weighted by atomic mass is 16.7. The third-order valence-electron chi connectivity index (χ3n) is 7.34. The van der Waals surface area contributed by atoms with Crippen LogP contribution in [0.15, 0.2) is 11.8 Å². The maximum atomic E-state index is 12.6. The lowest BCUT2D eigenvalue weighted by Gasteiger charge is -2.42. The fourth-order valence-corrected chi connectivity index (χ4v) is 5.47. The third-order valence-corrected chi connectivity index (χ3v) is 7.34. The van der Waals surface area contributed by atoms with Gasteiger partial charge in [0.2, 0.25) is 6.29 Å². The lowest BCUT2D eigenvalue weighted by molar-refractivity contribution is -0.302. The van der Waals surface area contributed by atoms with Crippen LogP contribution in [0.3, 0.4) is 0 Å². The average molecular weight is 605 g/mol. The smallest absolute Gasteiger partial charge is 0.309 e. The van der Waals surface area contributed by atoms with Crippen LogP contribution in [-0.4, -0.2) is 113 Å². The summed E-state index contributed by atoms with van der Waals surface area (Å²) in [5.74, 6) is -4.63. The third kappa shape index (κ3) is 7.76. The number of hydrogen-bond acceptors (Lipinski definition) is 15. The van der Waals surface area contributed by atoms with Gasteiger partial charge in [-0.15, -0.1) is 0 Å². The van der Waals surface area contributed by atoms with Crippen molar-refractivity contribution in [3.8, 4) is 0 Å². The zero-order valence-corrected chi connectivity index (χ0v) is 24.2. The van der Waals surface area contributed by atoms with Crippen LogP contribution >= 0.6 is 0 Å². The van der Waals surface area contributed by atoms with Crippen molar-refractivity contribution in [2.24, 2.45) is 17.8 Å². The summed E-state index contributed by atoms with van der Waals surface area (Å²) in [5, 5.41) is 42.2. The standard InChI is InChI=1S/C27H40O15/c1-12(2)6-20(32)42-25-21-17(7-19(39-14(4)30)27(21,35)11-38-13(3)29)16(9-36-25)10-37-26-24(40-15(5)31)23(34)22(33)18(8-28)41-26/h9,12,17-19,21-26,28,33-35H,6-8,10-11H2,1-5H3. The van der Waals surface area contributed by atoms with E-state index < -0.39 is 97.6 Å². The molecule has 4 N–H and O–H groups in total. The van der Waals surface area contributed by atoms with E-state index in [4.69, 9.17) is 33.2 Å². The molecule has 0 bridgehead atoms. The van der Waals surface area contributed by atoms with E-state index in [2.05, 4.69) is 0 Å². The van der Waals surface area contributed by atoms with E-state index in [0.717, 1.165) is 20.8 Å². The van der Waals surface area contributed by atoms with Crippen LogP contribution in [0.4, 0.5) is 0 Å². The Kier molecular flexibility index (Phi) is 11.3. The Morgan fingerprint density at radius 1 is 1.00 bits per heavy atom. The predicted molar refractivity (Wildman–Crippen MR) is 137 cm³/mol. The molecular weight excluding hydrogens is 564 g/mol. The molecule has 10 atom stereocenters. The second kappa shape index (κ2) is 14.1. The second-order valence-corrected chi connectivity index (χ2v) is 11.1. The number of hydrogen-bond donors (Lipinski definition) is 4. The molecule has 0 aromatic carbocycles. The molecule has 42 heavy (non-hydrogen) atoms. The largest absolute Gasteiger partial charge is 0.463 e. The van der Waals surface area contributed by atoms with Gasteiger partial charge in [-0.25, -0.2) is 0 Å². The molecule has 0 aromatic heterocycles. The first-order valence-electron chi connectivity index (χ1n) is 13.7. The Bertz CT molecular complexity index is 1030. The van der Waals surface area contributed by atoms with Crippen LogP contribution in [0, 0.1) is 17.8 Å². The Morgan fingerprint density at radius 3 is 2.24 bits per heavy atom. The van der Waals surface area contributed by atoms with Gasteiger partial charge in [-0.3, -0.25) is 19.2 Å². The van der Waals surface area contributed by atoms with Crippen molar-refractivity contribution >= 4 is 23.9 Å².